The Morgan fingerprint density at radius 3 is 2.61 bits per heavy atom. The molecule has 2 heterocycles. The maximum Gasteiger partial charge on any atom is 0.161 e. The summed E-state index contributed by atoms with van der Waals surface area (Å²) in [6.45, 7) is 1.47. The molecular formula is C16H16F2N4S. The smallest absolute Gasteiger partial charge is 0.161 e. The van der Waals surface area contributed by atoms with Crippen LogP contribution in [-0.2, 0) is 13.1 Å². The van der Waals surface area contributed by atoms with Gasteiger partial charge in [0.15, 0.2) is 11.6 Å². The van der Waals surface area contributed by atoms with E-state index < -0.39 is 11.6 Å². The SMILES string of the molecule is CN(C)Cc1ccc(CNc2ncnc3cc(F)c(F)cc23)s1. The average molecular weight is 334 g/mol. The zero-order valence-electron chi connectivity index (χ0n) is 12.8. The van der Waals surface area contributed by atoms with Gasteiger partial charge in [0.05, 0.1) is 12.1 Å². The highest BCUT2D eigenvalue weighted by atomic mass is 32.1. The van der Waals surface area contributed by atoms with E-state index in [4.69, 9.17) is 0 Å². The van der Waals surface area contributed by atoms with Crippen molar-refractivity contribution >= 4 is 28.1 Å². The quantitative estimate of drug-likeness (QED) is 0.773. The summed E-state index contributed by atoms with van der Waals surface area (Å²) in [5.41, 5.74) is 0.376. The van der Waals surface area contributed by atoms with Crippen molar-refractivity contribution in [3.8, 4) is 0 Å². The van der Waals surface area contributed by atoms with Crippen LogP contribution in [0.3, 0.4) is 0 Å². The molecule has 3 aromatic rings. The van der Waals surface area contributed by atoms with Gasteiger partial charge >= 0.3 is 0 Å². The average Bonchev–Trinajstić information content (AvgIpc) is 2.93. The van der Waals surface area contributed by atoms with Gasteiger partial charge in [-0.3, -0.25) is 0 Å². The zero-order valence-corrected chi connectivity index (χ0v) is 13.6. The van der Waals surface area contributed by atoms with E-state index in [-0.39, 0.29) is 0 Å². The molecule has 4 nitrogen and oxygen atoms in total. The number of nitrogens with one attached hydrogen (secondary N) is 1. The topological polar surface area (TPSA) is 41.0 Å². The van der Waals surface area contributed by atoms with Gasteiger partial charge in [-0.05, 0) is 32.3 Å². The van der Waals surface area contributed by atoms with Gasteiger partial charge in [-0.15, -0.1) is 11.3 Å². The molecule has 1 aromatic carbocycles. The Bertz CT molecular complexity index is 832. The largest absolute Gasteiger partial charge is 0.365 e. The Morgan fingerprint density at radius 2 is 1.83 bits per heavy atom. The Balaban J connectivity index is 1.79. The number of rotatable bonds is 5. The van der Waals surface area contributed by atoms with E-state index in [0.29, 0.717) is 23.3 Å². The van der Waals surface area contributed by atoms with Crippen LogP contribution >= 0.6 is 11.3 Å². The molecule has 0 atom stereocenters. The first-order chi connectivity index (χ1) is 11.0. The predicted octanol–water partition coefficient (Wildman–Crippen LogP) is 3.64. The van der Waals surface area contributed by atoms with Crippen molar-refractivity contribution in [1.82, 2.24) is 14.9 Å². The molecule has 0 bridgehead atoms. The Hall–Kier alpha value is -2.12. The second-order valence-electron chi connectivity index (χ2n) is 5.47. The number of nitrogens with zero attached hydrogens (tertiary/aromatic N) is 3. The van der Waals surface area contributed by atoms with Crippen LogP contribution in [0.25, 0.3) is 10.9 Å². The lowest BCUT2D eigenvalue weighted by molar-refractivity contribution is 0.406. The van der Waals surface area contributed by atoms with Crippen LogP contribution in [0.15, 0.2) is 30.6 Å². The lowest BCUT2D eigenvalue weighted by Crippen LogP contribution is -2.09. The first-order valence-corrected chi connectivity index (χ1v) is 7.90. The molecular weight excluding hydrogens is 318 g/mol. The number of benzene rings is 1. The summed E-state index contributed by atoms with van der Waals surface area (Å²) in [6, 6.07) is 6.35. The van der Waals surface area contributed by atoms with Crippen LogP contribution in [0.1, 0.15) is 9.75 Å². The lowest BCUT2D eigenvalue weighted by Gasteiger charge is -2.08. The summed E-state index contributed by atoms with van der Waals surface area (Å²) < 4.78 is 26.7. The van der Waals surface area contributed by atoms with Crippen LogP contribution in [0.5, 0.6) is 0 Å². The zero-order chi connectivity index (χ0) is 16.4. The summed E-state index contributed by atoms with van der Waals surface area (Å²) in [7, 11) is 4.05. The molecule has 0 aliphatic carbocycles. The molecule has 0 spiro atoms. The van der Waals surface area contributed by atoms with Gasteiger partial charge < -0.3 is 10.2 Å². The maximum absolute atomic E-state index is 13.5. The molecule has 1 N–H and O–H groups in total. The van der Waals surface area contributed by atoms with Crippen LogP contribution < -0.4 is 5.32 Å². The molecule has 120 valence electrons. The van der Waals surface area contributed by atoms with Gasteiger partial charge in [0.1, 0.15) is 12.1 Å². The summed E-state index contributed by atoms with van der Waals surface area (Å²) in [5.74, 6) is -1.31. The molecule has 23 heavy (non-hydrogen) atoms. The predicted molar refractivity (Wildman–Crippen MR) is 88.5 cm³/mol. The fraction of sp³-hybridized carbons (Fsp3) is 0.250. The molecule has 0 amide bonds. The van der Waals surface area contributed by atoms with Gasteiger partial charge in [0.25, 0.3) is 0 Å². The number of anilines is 1. The first-order valence-electron chi connectivity index (χ1n) is 7.09. The number of aromatic nitrogens is 2. The highest BCUT2D eigenvalue weighted by Crippen LogP contribution is 2.24. The van der Waals surface area contributed by atoms with Crippen LogP contribution in [0, 0.1) is 11.6 Å². The van der Waals surface area contributed by atoms with Crippen molar-refractivity contribution in [2.24, 2.45) is 0 Å². The normalized spacial score (nSPS) is 11.3. The van der Waals surface area contributed by atoms with E-state index in [2.05, 4.69) is 32.3 Å². The minimum atomic E-state index is -0.909. The summed E-state index contributed by atoms with van der Waals surface area (Å²) >= 11 is 1.71. The van der Waals surface area contributed by atoms with Crippen molar-refractivity contribution < 1.29 is 8.78 Å². The fourth-order valence-electron chi connectivity index (χ4n) is 2.28. The van der Waals surface area contributed by atoms with E-state index >= 15 is 0 Å². The van der Waals surface area contributed by atoms with Crippen LogP contribution in [-0.4, -0.2) is 29.0 Å². The first kappa shape index (κ1) is 15.8. The van der Waals surface area contributed by atoms with Gasteiger partial charge in [-0.2, -0.15) is 0 Å². The number of hydrogen-bond donors (Lipinski definition) is 1. The van der Waals surface area contributed by atoms with Crippen molar-refractivity contribution in [3.63, 3.8) is 0 Å². The molecule has 0 unspecified atom stereocenters. The molecule has 2 aromatic heterocycles. The molecule has 0 aliphatic heterocycles. The number of hydrogen-bond acceptors (Lipinski definition) is 5. The Labute approximate surface area is 136 Å². The van der Waals surface area contributed by atoms with Gasteiger partial charge in [0, 0.05) is 27.8 Å². The van der Waals surface area contributed by atoms with E-state index in [9.17, 15) is 8.78 Å². The molecule has 7 heteroatoms. The number of halogens is 2. The van der Waals surface area contributed by atoms with Gasteiger partial charge in [-0.25, -0.2) is 18.7 Å². The summed E-state index contributed by atoms with van der Waals surface area (Å²) in [5, 5.41) is 3.64. The van der Waals surface area contributed by atoms with E-state index in [1.807, 2.05) is 14.1 Å². The lowest BCUT2D eigenvalue weighted by atomic mass is 10.2. The standard InChI is InChI=1S/C16H16F2N4S/c1-22(2)8-11-4-3-10(23-11)7-19-16-12-5-13(17)14(18)6-15(12)20-9-21-16/h3-6,9H,7-8H2,1-2H3,(H,19,20,21). The third-order valence-corrected chi connectivity index (χ3v) is 4.37. The van der Waals surface area contributed by atoms with Crippen molar-refractivity contribution in [2.45, 2.75) is 13.1 Å². The molecule has 0 aliphatic rings. The third kappa shape index (κ3) is 3.62. The van der Waals surface area contributed by atoms with Crippen molar-refractivity contribution in [3.05, 3.63) is 52.0 Å². The second kappa shape index (κ2) is 6.55. The highest BCUT2D eigenvalue weighted by Gasteiger charge is 2.10. The molecule has 3 rings (SSSR count). The number of thiophene rings is 1. The third-order valence-electron chi connectivity index (χ3n) is 3.30. The minimum Gasteiger partial charge on any atom is -0.365 e. The maximum atomic E-state index is 13.5. The summed E-state index contributed by atoms with van der Waals surface area (Å²) in [4.78, 5) is 12.6. The monoisotopic (exact) mass is 334 g/mol. The van der Waals surface area contributed by atoms with E-state index in [1.54, 1.807) is 11.3 Å². The molecule has 0 fully saturated rings. The molecule has 0 saturated heterocycles. The fourth-order valence-corrected chi connectivity index (χ4v) is 3.35. The highest BCUT2D eigenvalue weighted by molar-refractivity contribution is 7.12. The Morgan fingerprint density at radius 1 is 1.09 bits per heavy atom. The van der Waals surface area contributed by atoms with Gasteiger partial charge in [-0.1, -0.05) is 0 Å². The molecule has 0 radical (unpaired) electrons. The van der Waals surface area contributed by atoms with E-state index in [0.717, 1.165) is 23.6 Å². The molecule has 0 saturated carbocycles. The van der Waals surface area contributed by atoms with Crippen molar-refractivity contribution in [1.29, 1.82) is 0 Å². The number of fused-ring (bicyclic) bond motifs is 1. The van der Waals surface area contributed by atoms with Gasteiger partial charge in [0.2, 0.25) is 0 Å². The van der Waals surface area contributed by atoms with Crippen LogP contribution in [0.4, 0.5) is 14.6 Å². The van der Waals surface area contributed by atoms with E-state index in [1.165, 1.54) is 11.2 Å². The minimum absolute atomic E-state index is 0.376. The Kier molecular flexibility index (Phi) is 4.49. The summed E-state index contributed by atoms with van der Waals surface area (Å²) in [6.07, 6.45) is 1.34. The van der Waals surface area contributed by atoms with Crippen LogP contribution in [0.2, 0.25) is 0 Å². The second-order valence-corrected chi connectivity index (χ2v) is 6.72. The van der Waals surface area contributed by atoms with Crippen molar-refractivity contribution in [2.75, 3.05) is 19.4 Å².